The second-order valence-corrected chi connectivity index (χ2v) is 8.54. The van der Waals surface area contributed by atoms with Gasteiger partial charge in [0.2, 0.25) is 0 Å². The average Bonchev–Trinajstić information content (AvgIpc) is 3.34. The minimum atomic E-state index is -0.984. The van der Waals surface area contributed by atoms with Crippen molar-refractivity contribution >= 4 is 40.7 Å². The number of nitrogens with zero attached hydrogens (tertiary/aromatic N) is 1. The largest absolute Gasteiger partial charge is 0.507 e. The van der Waals surface area contributed by atoms with Crippen LogP contribution in [0, 0.1) is 6.92 Å². The zero-order valence-electron chi connectivity index (χ0n) is 18.6. The van der Waals surface area contributed by atoms with Crippen LogP contribution in [-0.2, 0) is 16.1 Å². The van der Waals surface area contributed by atoms with Gasteiger partial charge in [-0.3, -0.25) is 9.59 Å². The third-order valence-corrected chi connectivity index (χ3v) is 6.02. The van der Waals surface area contributed by atoms with Gasteiger partial charge in [-0.2, -0.15) is 0 Å². The molecule has 0 saturated carbocycles. The quantitative estimate of drug-likeness (QED) is 0.271. The lowest BCUT2D eigenvalue weighted by Crippen LogP contribution is -2.29. The molecule has 4 rings (SSSR count). The molecule has 1 saturated heterocycles. The Labute approximate surface area is 206 Å². The van der Waals surface area contributed by atoms with Crippen molar-refractivity contribution in [3.8, 4) is 11.5 Å². The number of rotatable bonds is 6. The molecular formula is C25H21Cl2NO6. The highest BCUT2D eigenvalue weighted by Crippen LogP contribution is 2.44. The van der Waals surface area contributed by atoms with Gasteiger partial charge < -0.3 is 23.9 Å². The number of carbonyl (C=O) groups excluding carboxylic acids is 2. The first-order valence-corrected chi connectivity index (χ1v) is 11.0. The van der Waals surface area contributed by atoms with E-state index in [1.807, 2.05) is 6.07 Å². The SMILES string of the molecule is COc1cccc(CN2C(=O)C(=O)/C(=C(/O)c3cc(Cl)cc(Cl)c3OC)C2c2ccc(C)o2)c1. The minimum Gasteiger partial charge on any atom is -0.507 e. The number of carbonyl (C=O) groups is 2. The van der Waals surface area contributed by atoms with Crippen LogP contribution in [-0.4, -0.2) is 35.9 Å². The Morgan fingerprint density at radius 2 is 1.85 bits per heavy atom. The van der Waals surface area contributed by atoms with Crippen molar-refractivity contribution in [3.63, 3.8) is 0 Å². The van der Waals surface area contributed by atoms with Gasteiger partial charge in [0.1, 0.15) is 34.8 Å². The number of hydrogen-bond acceptors (Lipinski definition) is 6. The van der Waals surface area contributed by atoms with E-state index in [0.717, 1.165) is 5.56 Å². The summed E-state index contributed by atoms with van der Waals surface area (Å²) in [6.45, 7) is 1.83. The predicted octanol–water partition coefficient (Wildman–Crippen LogP) is 5.53. The molecule has 7 nitrogen and oxygen atoms in total. The monoisotopic (exact) mass is 501 g/mol. The normalized spacial score (nSPS) is 17.3. The van der Waals surface area contributed by atoms with Gasteiger partial charge in [-0.05, 0) is 48.9 Å². The van der Waals surface area contributed by atoms with E-state index in [-0.39, 0.29) is 33.5 Å². The van der Waals surface area contributed by atoms with Crippen LogP contribution in [0.1, 0.15) is 28.7 Å². The topological polar surface area (TPSA) is 89.2 Å². The Morgan fingerprint density at radius 3 is 2.50 bits per heavy atom. The van der Waals surface area contributed by atoms with Crippen LogP contribution in [0.5, 0.6) is 11.5 Å². The number of likely N-dealkylation sites (tertiary alicyclic amines) is 1. The maximum absolute atomic E-state index is 13.2. The Bertz CT molecular complexity index is 1310. The molecule has 2 heterocycles. The summed E-state index contributed by atoms with van der Waals surface area (Å²) in [4.78, 5) is 27.7. The minimum absolute atomic E-state index is 0.0798. The maximum atomic E-state index is 13.2. The van der Waals surface area contributed by atoms with E-state index in [1.165, 1.54) is 24.1 Å². The van der Waals surface area contributed by atoms with E-state index < -0.39 is 23.5 Å². The number of benzene rings is 2. The van der Waals surface area contributed by atoms with Gasteiger partial charge in [0.05, 0.1) is 30.4 Å². The molecule has 1 unspecified atom stereocenters. The number of Topliss-reactive ketones (excluding diaryl/α,β-unsaturated/α-hetero) is 1. The molecule has 1 aliphatic heterocycles. The van der Waals surface area contributed by atoms with E-state index in [9.17, 15) is 14.7 Å². The van der Waals surface area contributed by atoms with Gasteiger partial charge in [-0.1, -0.05) is 35.3 Å². The summed E-state index contributed by atoms with van der Waals surface area (Å²) in [6, 6.07) is 12.4. The fourth-order valence-electron chi connectivity index (χ4n) is 4.00. The summed E-state index contributed by atoms with van der Waals surface area (Å²) < 4.78 is 16.4. The zero-order valence-corrected chi connectivity index (χ0v) is 20.1. The molecule has 1 amide bonds. The number of aryl methyl sites for hydroxylation is 1. The van der Waals surface area contributed by atoms with Gasteiger partial charge in [-0.15, -0.1) is 0 Å². The lowest BCUT2D eigenvalue weighted by atomic mass is 9.98. The lowest BCUT2D eigenvalue weighted by Gasteiger charge is -2.24. The lowest BCUT2D eigenvalue weighted by molar-refractivity contribution is -0.140. The van der Waals surface area contributed by atoms with Gasteiger partial charge in [-0.25, -0.2) is 0 Å². The van der Waals surface area contributed by atoms with Crippen molar-refractivity contribution in [1.82, 2.24) is 4.90 Å². The molecular weight excluding hydrogens is 481 g/mol. The van der Waals surface area contributed by atoms with Gasteiger partial charge in [0.25, 0.3) is 11.7 Å². The number of furan rings is 1. The van der Waals surface area contributed by atoms with Gasteiger partial charge in [0.15, 0.2) is 0 Å². The first-order chi connectivity index (χ1) is 16.2. The summed E-state index contributed by atoms with van der Waals surface area (Å²) in [5.74, 6) is -0.465. The molecule has 0 aliphatic carbocycles. The Balaban J connectivity index is 1.90. The van der Waals surface area contributed by atoms with Crippen molar-refractivity contribution in [2.45, 2.75) is 19.5 Å². The first-order valence-electron chi connectivity index (χ1n) is 10.3. The molecule has 1 aliphatic rings. The molecule has 3 aromatic rings. The number of amides is 1. The Kier molecular flexibility index (Phi) is 6.59. The summed E-state index contributed by atoms with van der Waals surface area (Å²) in [7, 11) is 2.92. The number of aliphatic hydroxyl groups excluding tert-OH is 1. The van der Waals surface area contributed by atoms with Crippen molar-refractivity contribution in [2.75, 3.05) is 14.2 Å². The molecule has 2 aromatic carbocycles. The summed E-state index contributed by atoms with van der Waals surface area (Å²) in [5, 5.41) is 11.7. The van der Waals surface area contributed by atoms with E-state index in [4.69, 9.17) is 37.1 Å². The number of hydrogen-bond donors (Lipinski definition) is 1. The second kappa shape index (κ2) is 9.44. The van der Waals surface area contributed by atoms with Crippen LogP contribution < -0.4 is 9.47 Å². The fraction of sp³-hybridized carbons (Fsp3) is 0.200. The fourth-order valence-corrected chi connectivity index (χ4v) is 4.57. The zero-order chi connectivity index (χ0) is 24.6. The van der Waals surface area contributed by atoms with Crippen molar-refractivity contribution < 1.29 is 28.6 Å². The van der Waals surface area contributed by atoms with E-state index >= 15 is 0 Å². The van der Waals surface area contributed by atoms with Gasteiger partial charge >= 0.3 is 0 Å². The van der Waals surface area contributed by atoms with Crippen LogP contribution in [0.15, 0.2) is 58.5 Å². The molecule has 1 aromatic heterocycles. The first kappa shape index (κ1) is 23.7. The third-order valence-electron chi connectivity index (χ3n) is 5.53. The van der Waals surface area contributed by atoms with Crippen LogP contribution in [0.2, 0.25) is 10.0 Å². The van der Waals surface area contributed by atoms with Gasteiger partial charge in [0, 0.05) is 11.6 Å². The predicted molar refractivity (Wildman–Crippen MR) is 127 cm³/mol. The summed E-state index contributed by atoms with van der Waals surface area (Å²) >= 11 is 12.4. The number of halogens is 2. The van der Waals surface area contributed by atoms with Crippen molar-refractivity contribution in [1.29, 1.82) is 0 Å². The number of ether oxygens (including phenoxy) is 2. The Hall–Kier alpha value is -3.42. The van der Waals surface area contributed by atoms with Crippen molar-refractivity contribution in [2.24, 2.45) is 0 Å². The molecule has 34 heavy (non-hydrogen) atoms. The summed E-state index contributed by atoms with van der Waals surface area (Å²) in [6.07, 6.45) is 0. The maximum Gasteiger partial charge on any atom is 0.296 e. The second-order valence-electron chi connectivity index (χ2n) is 7.70. The van der Waals surface area contributed by atoms with E-state index in [2.05, 4.69) is 0 Å². The Morgan fingerprint density at radius 1 is 1.09 bits per heavy atom. The van der Waals surface area contributed by atoms with Crippen LogP contribution in [0.4, 0.5) is 0 Å². The molecule has 0 spiro atoms. The van der Waals surface area contributed by atoms with Crippen molar-refractivity contribution in [3.05, 3.63) is 86.8 Å². The molecule has 176 valence electrons. The highest BCUT2D eigenvalue weighted by Gasteiger charge is 2.48. The molecule has 0 bridgehead atoms. The standard InChI is InChI=1S/C25H21Cl2NO6/c1-13-7-8-19(34-13)21-20(22(29)17-10-15(26)11-18(27)24(17)33-3)23(30)25(31)28(21)12-14-5-4-6-16(9-14)32-2/h4-11,21,29H,12H2,1-3H3/b22-20+. The summed E-state index contributed by atoms with van der Waals surface area (Å²) in [5.41, 5.74) is 0.671. The number of ketones is 1. The highest BCUT2D eigenvalue weighted by molar-refractivity contribution is 6.46. The average molecular weight is 502 g/mol. The van der Waals surface area contributed by atoms with Crippen LogP contribution >= 0.6 is 23.2 Å². The van der Waals surface area contributed by atoms with Crippen LogP contribution in [0.3, 0.4) is 0 Å². The molecule has 9 heteroatoms. The smallest absolute Gasteiger partial charge is 0.296 e. The van der Waals surface area contributed by atoms with E-state index in [1.54, 1.807) is 44.4 Å². The molecule has 1 fully saturated rings. The van der Waals surface area contributed by atoms with Crippen LogP contribution in [0.25, 0.3) is 5.76 Å². The molecule has 1 N–H and O–H groups in total. The number of aliphatic hydroxyl groups is 1. The number of methoxy groups -OCH3 is 2. The molecule has 1 atom stereocenters. The highest BCUT2D eigenvalue weighted by atomic mass is 35.5. The van der Waals surface area contributed by atoms with E-state index in [0.29, 0.717) is 17.3 Å². The third kappa shape index (κ3) is 4.24. The molecule has 0 radical (unpaired) electrons.